The summed E-state index contributed by atoms with van der Waals surface area (Å²) in [5, 5.41) is 12.2. The topological polar surface area (TPSA) is 94.3 Å². The number of nitrogens with one attached hydrogen (secondary N) is 1. The van der Waals surface area contributed by atoms with E-state index in [9.17, 15) is 18.0 Å². The Balaban J connectivity index is 1.91. The van der Waals surface area contributed by atoms with E-state index in [2.05, 4.69) is 25.3 Å². The fraction of sp³-hybridized carbons (Fsp3) is 0.167. The van der Waals surface area contributed by atoms with E-state index in [1.54, 1.807) is 29.5 Å². The van der Waals surface area contributed by atoms with E-state index in [1.165, 1.54) is 18.5 Å². The Morgan fingerprint density at radius 3 is 2.57 bits per heavy atom. The van der Waals surface area contributed by atoms with Gasteiger partial charge in [-0.15, -0.1) is 10.2 Å². The Kier molecular flexibility index (Phi) is 4.69. The zero-order valence-electron chi connectivity index (χ0n) is 15.6. The summed E-state index contributed by atoms with van der Waals surface area (Å²) in [6.07, 6.45) is -0.894. The SMILES string of the molecule is Cn1cnnc1-c1cnn(C)c1-c1cc(Cl)nc(-c2cc(C(F)(F)F)c[nH]c2=O)c1. The van der Waals surface area contributed by atoms with Gasteiger partial charge in [0.2, 0.25) is 0 Å². The number of nitrogens with zero attached hydrogens (tertiary/aromatic N) is 6. The second-order valence-corrected chi connectivity index (χ2v) is 6.88. The minimum atomic E-state index is -4.62. The minimum Gasteiger partial charge on any atom is -0.328 e. The lowest BCUT2D eigenvalue weighted by molar-refractivity contribution is -0.137. The Hall–Kier alpha value is -3.47. The van der Waals surface area contributed by atoms with Crippen LogP contribution in [0.5, 0.6) is 0 Å². The highest BCUT2D eigenvalue weighted by Gasteiger charge is 2.31. The third kappa shape index (κ3) is 3.47. The van der Waals surface area contributed by atoms with Crippen LogP contribution >= 0.6 is 11.6 Å². The maximum Gasteiger partial charge on any atom is 0.417 e. The van der Waals surface area contributed by atoms with E-state index < -0.39 is 17.3 Å². The Labute approximate surface area is 172 Å². The molecule has 0 saturated heterocycles. The lowest BCUT2D eigenvalue weighted by Crippen LogP contribution is -2.14. The smallest absolute Gasteiger partial charge is 0.328 e. The first-order chi connectivity index (χ1) is 14.1. The molecule has 0 amide bonds. The van der Waals surface area contributed by atoms with Gasteiger partial charge in [-0.1, -0.05) is 11.6 Å². The first-order valence-electron chi connectivity index (χ1n) is 8.50. The number of aryl methyl sites for hydroxylation is 2. The number of aromatic nitrogens is 7. The van der Waals surface area contributed by atoms with Gasteiger partial charge in [0.05, 0.1) is 34.3 Å². The molecule has 8 nitrogen and oxygen atoms in total. The predicted molar refractivity (Wildman–Crippen MR) is 103 cm³/mol. The van der Waals surface area contributed by atoms with E-state index >= 15 is 0 Å². The molecule has 0 atom stereocenters. The van der Waals surface area contributed by atoms with Crippen LogP contribution in [0.3, 0.4) is 0 Å². The lowest BCUT2D eigenvalue weighted by atomic mass is 10.0. The highest BCUT2D eigenvalue weighted by molar-refractivity contribution is 6.29. The summed E-state index contributed by atoms with van der Waals surface area (Å²) in [5.74, 6) is 0.532. The number of aromatic amines is 1. The highest BCUT2D eigenvalue weighted by Crippen LogP contribution is 2.34. The highest BCUT2D eigenvalue weighted by atomic mass is 35.5. The molecule has 154 valence electrons. The normalized spacial score (nSPS) is 11.8. The second kappa shape index (κ2) is 7.10. The van der Waals surface area contributed by atoms with E-state index in [0.717, 1.165) is 6.07 Å². The van der Waals surface area contributed by atoms with Gasteiger partial charge >= 0.3 is 6.18 Å². The van der Waals surface area contributed by atoms with Crippen molar-refractivity contribution in [3.63, 3.8) is 0 Å². The number of H-pyrrole nitrogens is 1. The predicted octanol–water partition coefficient (Wildman–Crippen LogP) is 3.31. The van der Waals surface area contributed by atoms with E-state index in [1.807, 2.05) is 0 Å². The van der Waals surface area contributed by atoms with E-state index in [4.69, 9.17) is 11.6 Å². The van der Waals surface area contributed by atoms with Crippen LogP contribution in [0, 0.1) is 0 Å². The molecule has 0 aromatic carbocycles. The van der Waals surface area contributed by atoms with Crippen LogP contribution in [0.2, 0.25) is 5.15 Å². The summed E-state index contributed by atoms with van der Waals surface area (Å²) in [6, 6.07) is 3.76. The molecule has 0 spiro atoms. The molecule has 30 heavy (non-hydrogen) atoms. The average Bonchev–Trinajstić information content (AvgIpc) is 3.25. The largest absolute Gasteiger partial charge is 0.417 e. The van der Waals surface area contributed by atoms with Crippen LogP contribution in [0.4, 0.5) is 13.2 Å². The molecule has 0 unspecified atom stereocenters. The number of rotatable bonds is 3. The molecule has 0 fully saturated rings. The molecule has 0 aliphatic carbocycles. The molecule has 0 aliphatic rings. The molecule has 0 bridgehead atoms. The van der Waals surface area contributed by atoms with Crippen molar-refractivity contribution in [1.29, 1.82) is 0 Å². The lowest BCUT2D eigenvalue weighted by Gasteiger charge is -2.11. The van der Waals surface area contributed by atoms with E-state index in [0.29, 0.717) is 28.8 Å². The summed E-state index contributed by atoms with van der Waals surface area (Å²) < 4.78 is 42.6. The maximum atomic E-state index is 13.1. The molecule has 1 N–H and O–H groups in total. The van der Waals surface area contributed by atoms with Crippen molar-refractivity contribution >= 4 is 11.6 Å². The van der Waals surface area contributed by atoms with Crippen LogP contribution in [-0.4, -0.2) is 34.5 Å². The second-order valence-electron chi connectivity index (χ2n) is 6.49. The molecule has 0 aliphatic heterocycles. The van der Waals surface area contributed by atoms with Crippen LogP contribution < -0.4 is 5.56 Å². The number of hydrogen-bond acceptors (Lipinski definition) is 5. The van der Waals surface area contributed by atoms with Crippen LogP contribution in [0.25, 0.3) is 33.9 Å². The number of hydrogen-bond donors (Lipinski definition) is 1. The molecule has 4 aromatic rings. The molecule has 4 rings (SSSR count). The zero-order chi connectivity index (χ0) is 21.6. The standard InChI is InChI=1S/C18H13ClF3N7O/c1-28-8-24-27-16(28)12-7-25-29(2)15(12)9-3-13(26-14(19)4-9)11-5-10(18(20,21)22)6-23-17(11)30/h3-8H,1-2H3,(H,23,30). The van der Waals surface area contributed by atoms with Crippen molar-refractivity contribution in [2.75, 3.05) is 0 Å². The maximum absolute atomic E-state index is 13.1. The number of alkyl halides is 3. The van der Waals surface area contributed by atoms with Gasteiger partial charge in [0.25, 0.3) is 5.56 Å². The first-order valence-corrected chi connectivity index (χ1v) is 8.87. The van der Waals surface area contributed by atoms with E-state index in [-0.39, 0.29) is 16.4 Å². The van der Waals surface area contributed by atoms with Crippen molar-refractivity contribution < 1.29 is 13.2 Å². The quantitative estimate of drug-likeness (QED) is 0.498. The van der Waals surface area contributed by atoms with Gasteiger partial charge in [-0.3, -0.25) is 9.48 Å². The molecule has 4 heterocycles. The summed E-state index contributed by atoms with van der Waals surface area (Å²) >= 11 is 6.15. The van der Waals surface area contributed by atoms with Crippen LogP contribution in [-0.2, 0) is 20.3 Å². The van der Waals surface area contributed by atoms with Crippen molar-refractivity contribution in [2.45, 2.75) is 6.18 Å². The van der Waals surface area contributed by atoms with Gasteiger partial charge in [-0.2, -0.15) is 18.3 Å². The van der Waals surface area contributed by atoms with Gasteiger partial charge in [-0.05, 0) is 18.2 Å². The molecule has 4 aromatic heterocycles. The summed E-state index contributed by atoms with van der Waals surface area (Å²) in [5.41, 5.74) is -0.266. The fourth-order valence-electron chi connectivity index (χ4n) is 3.08. The summed E-state index contributed by atoms with van der Waals surface area (Å²) in [7, 11) is 3.46. The third-order valence-electron chi connectivity index (χ3n) is 4.47. The van der Waals surface area contributed by atoms with Crippen LogP contribution in [0.15, 0.2) is 41.7 Å². The Morgan fingerprint density at radius 1 is 1.13 bits per heavy atom. The molecule has 0 saturated carbocycles. The van der Waals surface area contributed by atoms with Crippen LogP contribution in [0.1, 0.15) is 5.56 Å². The van der Waals surface area contributed by atoms with Crippen molar-refractivity contribution in [3.8, 4) is 33.9 Å². The van der Waals surface area contributed by atoms with Crippen molar-refractivity contribution in [3.05, 3.63) is 58.0 Å². The molecular formula is C18H13ClF3N7O. The summed E-state index contributed by atoms with van der Waals surface area (Å²) in [4.78, 5) is 18.4. The monoisotopic (exact) mass is 435 g/mol. The molecule has 0 radical (unpaired) electrons. The zero-order valence-corrected chi connectivity index (χ0v) is 16.3. The number of halogens is 4. The van der Waals surface area contributed by atoms with Gasteiger partial charge in [-0.25, -0.2) is 4.98 Å². The molecular weight excluding hydrogens is 423 g/mol. The van der Waals surface area contributed by atoms with Gasteiger partial charge in [0, 0.05) is 25.9 Å². The third-order valence-corrected chi connectivity index (χ3v) is 4.66. The minimum absolute atomic E-state index is 0.00410. The first kappa shape index (κ1) is 19.8. The van der Waals surface area contributed by atoms with Gasteiger partial charge in [0.1, 0.15) is 11.5 Å². The van der Waals surface area contributed by atoms with Crippen molar-refractivity contribution in [1.82, 2.24) is 34.5 Å². The average molecular weight is 436 g/mol. The Bertz CT molecular complexity index is 1310. The number of pyridine rings is 2. The van der Waals surface area contributed by atoms with Gasteiger partial charge < -0.3 is 9.55 Å². The fourth-order valence-corrected chi connectivity index (χ4v) is 3.29. The summed E-state index contributed by atoms with van der Waals surface area (Å²) in [6.45, 7) is 0. The molecule has 12 heteroatoms. The van der Waals surface area contributed by atoms with Crippen molar-refractivity contribution in [2.24, 2.45) is 14.1 Å². The Morgan fingerprint density at radius 2 is 1.90 bits per heavy atom. The van der Waals surface area contributed by atoms with Gasteiger partial charge in [0.15, 0.2) is 5.82 Å².